The third-order valence-electron chi connectivity index (χ3n) is 5.22. The number of hydrogen-bond acceptors (Lipinski definition) is 2. The Bertz CT molecular complexity index is 868. The molecule has 1 aromatic heterocycles. The van der Waals surface area contributed by atoms with Crippen molar-refractivity contribution in [3.63, 3.8) is 0 Å². The lowest BCUT2D eigenvalue weighted by atomic mass is 9.89. The number of pyridine rings is 1. The summed E-state index contributed by atoms with van der Waals surface area (Å²) in [6, 6.07) is 6.50. The lowest BCUT2D eigenvalue weighted by molar-refractivity contribution is 0.313. The van der Waals surface area contributed by atoms with Crippen LogP contribution in [0.2, 0.25) is 5.02 Å². The second-order valence-electron chi connectivity index (χ2n) is 6.83. The Morgan fingerprint density at radius 1 is 1.16 bits per heavy atom. The molecular weight excluding hydrogens is 510 g/mol. The zero-order valence-corrected chi connectivity index (χ0v) is 18.6. The Kier molecular flexibility index (Phi) is 5.24. The van der Waals surface area contributed by atoms with Crippen molar-refractivity contribution in [1.29, 1.82) is 0 Å². The van der Waals surface area contributed by atoms with Crippen LogP contribution in [0.5, 0.6) is 0 Å². The number of aromatic nitrogens is 1. The van der Waals surface area contributed by atoms with Crippen molar-refractivity contribution in [2.24, 2.45) is 0 Å². The molecule has 130 valence electrons. The number of nitrogens with zero attached hydrogens (tertiary/aromatic N) is 2. The number of rotatable bonds is 0. The van der Waals surface area contributed by atoms with Crippen molar-refractivity contribution >= 4 is 55.7 Å². The van der Waals surface area contributed by atoms with E-state index in [1.807, 2.05) is 12.3 Å². The zero-order chi connectivity index (χ0) is 17.6. The Hall–Kier alpha value is -0.430. The number of halogens is 3. The molecule has 1 fully saturated rings. The van der Waals surface area contributed by atoms with Crippen LogP contribution in [0.4, 0.5) is 0 Å². The highest BCUT2D eigenvalue weighted by atomic mass is 127. The third-order valence-corrected chi connectivity index (χ3v) is 7.26. The minimum Gasteiger partial charge on any atom is -0.306 e. The van der Waals surface area contributed by atoms with E-state index in [0.717, 1.165) is 48.3 Å². The normalized spacial score (nSPS) is 17.9. The van der Waals surface area contributed by atoms with Gasteiger partial charge in [0.2, 0.25) is 0 Å². The fourth-order valence-corrected chi connectivity index (χ4v) is 5.09. The smallest absolute Gasteiger partial charge is 0.0740 e. The van der Waals surface area contributed by atoms with Gasteiger partial charge in [-0.25, -0.2) is 0 Å². The molecule has 0 amide bonds. The van der Waals surface area contributed by atoms with Gasteiger partial charge in [0.05, 0.1) is 10.7 Å². The summed E-state index contributed by atoms with van der Waals surface area (Å²) in [6.07, 6.45) is 6.20. The van der Waals surface area contributed by atoms with Crippen LogP contribution in [0, 0.1) is 3.57 Å². The van der Waals surface area contributed by atoms with Crippen LogP contribution in [0.15, 0.2) is 34.4 Å². The molecule has 2 aromatic rings. The number of aryl methyl sites for hydroxylation is 1. The van der Waals surface area contributed by atoms with E-state index < -0.39 is 0 Å². The molecule has 2 aliphatic rings. The Morgan fingerprint density at radius 3 is 2.68 bits per heavy atom. The number of fused-ring (bicyclic) bond motifs is 2. The fourth-order valence-electron chi connectivity index (χ4n) is 3.85. The summed E-state index contributed by atoms with van der Waals surface area (Å²) < 4.78 is 2.24. The first-order chi connectivity index (χ1) is 12.0. The van der Waals surface area contributed by atoms with Gasteiger partial charge < -0.3 is 4.90 Å². The SMILES string of the molecule is CN1CCC(=C2c3ccc(Cl)c(Br)c3CCc3cc(I)cnc32)CC1. The van der Waals surface area contributed by atoms with Gasteiger partial charge in [-0.15, -0.1) is 0 Å². The summed E-state index contributed by atoms with van der Waals surface area (Å²) >= 11 is 12.5. The van der Waals surface area contributed by atoms with Crippen molar-refractivity contribution < 1.29 is 0 Å². The maximum absolute atomic E-state index is 6.40. The van der Waals surface area contributed by atoms with E-state index in [0.29, 0.717) is 0 Å². The first-order valence-electron chi connectivity index (χ1n) is 8.57. The van der Waals surface area contributed by atoms with Crippen LogP contribution in [0.3, 0.4) is 0 Å². The lowest BCUT2D eigenvalue weighted by Crippen LogP contribution is -2.27. The molecule has 0 unspecified atom stereocenters. The second kappa shape index (κ2) is 7.29. The molecule has 2 nitrogen and oxygen atoms in total. The van der Waals surface area contributed by atoms with E-state index in [1.165, 1.54) is 37.1 Å². The van der Waals surface area contributed by atoms with Gasteiger partial charge in [-0.05, 0) is 100 Å². The van der Waals surface area contributed by atoms with Gasteiger partial charge in [-0.3, -0.25) is 4.98 Å². The van der Waals surface area contributed by atoms with Crippen molar-refractivity contribution in [3.8, 4) is 0 Å². The van der Waals surface area contributed by atoms with Crippen LogP contribution in [-0.2, 0) is 12.8 Å². The molecule has 0 N–H and O–H groups in total. The fraction of sp³-hybridized carbons (Fsp3) is 0.350. The molecule has 4 rings (SSSR count). The van der Waals surface area contributed by atoms with Gasteiger partial charge in [0, 0.05) is 32.9 Å². The van der Waals surface area contributed by atoms with Crippen molar-refractivity contribution in [2.75, 3.05) is 20.1 Å². The van der Waals surface area contributed by atoms with Crippen LogP contribution in [0.1, 0.15) is 35.2 Å². The Morgan fingerprint density at radius 2 is 1.92 bits per heavy atom. The van der Waals surface area contributed by atoms with E-state index in [2.05, 4.69) is 62.6 Å². The van der Waals surface area contributed by atoms with Gasteiger partial charge in [0.1, 0.15) is 0 Å². The molecule has 1 aromatic carbocycles. The second-order valence-corrected chi connectivity index (χ2v) is 9.28. The number of hydrogen-bond donors (Lipinski definition) is 0. The van der Waals surface area contributed by atoms with Gasteiger partial charge in [-0.1, -0.05) is 23.2 Å². The highest BCUT2D eigenvalue weighted by Crippen LogP contribution is 2.41. The number of likely N-dealkylation sites (tertiary alicyclic amines) is 1. The molecule has 1 aliphatic carbocycles. The van der Waals surface area contributed by atoms with Crippen molar-refractivity contribution in [1.82, 2.24) is 9.88 Å². The minimum atomic E-state index is 0.792. The molecule has 0 spiro atoms. The molecule has 1 aliphatic heterocycles. The van der Waals surface area contributed by atoms with Crippen LogP contribution in [-0.4, -0.2) is 30.0 Å². The molecule has 0 radical (unpaired) electrons. The highest BCUT2D eigenvalue weighted by molar-refractivity contribution is 14.1. The predicted octanol–water partition coefficient (Wildman–Crippen LogP) is 5.73. The molecule has 1 saturated heterocycles. The average Bonchev–Trinajstić information content (AvgIpc) is 2.76. The maximum Gasteiger partial charge on any atom is 0.0740 e. The molecule has 2 heterocycles. The molecule has 0 saturated carbocycles. The number of benzene rings is 1. The first-order valence-corrected chi connectivity index (χ1v) is 10.8. The lowest BCUT2D eigenvalue weighted by Gasteiger charge is -2.27. The quantitative estimate of drug-likeness (QED) is 0.406. The Labute approximate surface area is 175 Å². The van der Waals surface area contributed by atoms with Gasteiger partial charge in [0.25, 0.3) is 0 Å². The molecule has 0 bridgehead atoms. The largest absolute Gasteiger partial charge is 0.306 e. The van der Waals surface area contributed by atoms with Gasteiger partial charge in [-0.2, -0.15) is 0 Å². The van der Waals surface area contributed by atoms with E-state index >= 15 is 0 Å². The molecule has 0 atom stereocenters. The first kappa shape index (κ1) is 18.0. The minimum absolute atomic E-state index is 0.792. The topological polar surface area (TPSA) is 16.1 Å². The van der Waals surface area contributed by atoms with Crippen LogP contribution in [0.25, 0.3) is 5.57 Å². The summed E-state index contributed by atoms with van der Waals surface area (Å²) in [5.74, 6) is 0. The van der Waals surface area contributed by atoms with Crippen LogP contribution < -0.4 is 0 Å². The highest BCUT2D eigenvalue weighted by Gasteiger charge is 2.26. The zero-order valence-electron chi connectivity index (χ0n) is 14.1. The summed E-state index contributed by atoms with van der Waals surface area (Å²) in [6.45, 7) is 2.23. The predicted molar refractivity (Wildman–Crippen MR) is 116 cm³/mol. The third kappa shape index (κ3) is 3.43. The molecular formula is C20H19BrClIN2. The molecule has 25 heavy (non-hydrogen) atoms. The van der Waals surface area contributed by atoms with E-state index in [1.54, 1.807) is 0 Å². The van der Waals surface area contributed by atoms with Gasteiger partial charge in [0.15, 0.2) is 0 Å². The summed E-state index contributed by atoms with van der Waals surface area (Å²) in [4.78, 5) is 7.28. The summed E-state index contributed by atoms with van der Waals surface area (Å²) in [5.41, 5.74) is 8.04. The van der Waals surface area contributed by atoms with Crippen LogP contribution >= 0.6 is 50.1 Å². The molecule has 5 heteroatoms. The summed E-state index contributed by atoms with van der Waals surface area (Å²) in [5, 5.41) is 0.792. The monoisotopic (exact) mass is 528 g/mol. The number of piperidine rings is 1. The van der Waals surface area contributed by atoms with Crippen molar-refractivity contribution in [3.05, 3.63) is 65.4 Å². The van der Waals surface area contributed by atoms with E-state index in [-0.39, 0.29) is 0 Å². The Balaban J connectivity index is 1.98. The summed E-state index contributed by atoms with van der Waals surface area (Å²) in [7, 11) is 2.20. The van der Waals surface area contributed by atoms with Gasteiger partial charge >= 0.3 is 0 Å². The standard InChI is InChI=1S/C20H19BrClIN2/c1-25-8-6-12(7-9-25)18-15-4-5-17(22)19(21)16(15)3-2-13-10-14(23)11-24-20(13)18/h4-5,10-11H,2-3,6-9H2,1H3. The average molecular weight is 530 g/mol. The van der Waals surface area contributed by atoms with E-state index in [4.69, 9.17) is 16.6 Å². The maximum atomic E-state index is 6.40. The van der Waals surface area contributed by atoms with E-state index in [9.17, 15) is 0 Å². The van der Waals surface area contributed by atoms with Crippen molar-refractivity contribution in [2.45, 2.75) is 25.7 Å².